The molecular formula is C23H24F2N2O3. The zero-order chi connectivity index (χ0) is 20.9. The maximum absolute atomic E-state index is 13.3. The first-order valence-corrected chi connectivity index (χ1v) is 10.6. The molecule has 1 N–H and O–H groups in total. The number of anilines is 1. The second-order valence-electron chi connectivity index (χ2n) is 8.60. The minimum absolute atomic E-state index is 0.0164. The van der Waals surface area contributed by atoms with Crippen molar-refractivity contribution in [2.45, 2.75) is 69.5 Å². The minimum atomic E-state index is -3.67. The number of halogens is 2. The van der Waals surface area contributed by atoms with Crippen LogP contribution in [0, 0.1) is 6.92 Å². The molecule has 1 aromatic heterocycles. The lowest BCUT2D eigenvalue weighted by Crippen LogP contribution is -2.28. The van der Waals surface area contributed by atoms with Crippen molar-refractivity contribution in [1.82, 2.24) is 4.98 Å². The van der Waals surface area contributed by atoms with Crippen molar-refractivity contribution in [3.8, 4) is 11.5 Å². The van der Waals surface area contributed by atoms with Crippen molar-refractivity contribution in [3.63, 3.8) is 0 Å². The highest BCUT2D eigenvalue weighted by Crippen LogP contribution is 2.52. The molecule has 0 saturated heterocycles. The molecule has 30 heavy (non-hydrogen) atoms. The van der Waals surface area contributed by atoms with Gasteiger partial charge in [-0.25, -0.2) is 4.98 Å². The number of aromatic nitrogens is 1. The van der Waals surface area contributed by atoms with E-state index in [9.17, 15) is 13.6 Å². The second kappa shape index (κ2) is 6.93. The van der Waals surface area contributed by atoms with Gasteiger partial charge in [-0.3, -0.25) is 4.79 Å². The summed E-state index contributed by atoms with van der Waals surface area (Å²) in [6.45, 7) is 2.06. The van der Waals surface area contributed by atoms with E-state index in [-0.39, 0.29) is 17.4 Å². The summed E-state index contributed by atoms with van der Waals surface area (Å²) in [5.41, 5.74) is 2.13. The van der Waals surface area contributed by atoms with Crippen molar-refractivity contribution in [1.29, 1.82) is 0 Å². The molecule has 3 aliphatic rings. The molecule has 1 amide bonds. The molecule has 2 heterocycles. The Balaban J connectivity index is 1.36. The average Bonchev–Trinajstić information content (AvgIpc) is 3.47. The summed E-state index contributed by atoms with van der Waals surface area (Å²) in [5.74, 6) is 0.770. The van der Waals surface area contributed by atoms with Gasteiger partial charge in [-0.2, -0.15) is 0 Å². The van der Waals surface area contributed by atoms with Crippen LogP contribution in [0.15, 0.2) is 30.3 Å². The quantitative estimate of drug-likeness (QED) is 0.725. The van der Waals surface area contributed by atoms with Crippen LogP contribution in [0.3, 0.4) is 0 Å². The number of aryl methyl sites for hydroxylation is 1. The third kappa shape index (κ3) is 3.40. The van der Waals surface area contributed by atoms with Crippen LogP contribution in [0.5, 0.6) is 11.5 Å². The molecule has 0 spiro atoms. The van der Waals surface area contributed by atoms with E-state index in [2.05, 4.69) is 21.7 Å². The van der Waals surface area contributed by atoms with Gasteiger partial charge >= 0.3 is 6.29 Å². The van der Waals surface area contributed by atoms with Gasteiger partial charge in [0, 0.05) is 11.6 Å². The maximum atomic E-state index is 13.3. The SMILES string of the molecule is Cc1ccc(NC(=O)C2(c3ccc4c(c3)OC(F)(F)O4)CC2)nc1C1CCCCC1. The standard InChI is InChI=1S/C23H24F2N2O3/c1-14-7-10-19(26-20(14)15-5-3-2-4-6-15)27-21(28)22(11-12-22)16-8-9-17-18(13-16)30-23(24,25)29-17/h7-10,13,15H,2-6,11-12H2,1H3,(H,26,27,28). The first-order valence-electron chi connectivity index (χ1n) is 10.6. The Kier molecular flexibility index (Phi) is 4.45. The molecule has 2 fully saturated rings. The molecule has 0 bridgehead atoms. The van der Waals surface area contributed by atoms with Gasteiger partial charge in [-0.15, -0.1) is 8.78 Å². The van der Waals surface area contributed by atoms with E-state index in [1.54, 1.807) is 6.07 Å². The highest BCUT2D eigenvalue weighted by Gasteiger charge is 2.53. The second-order valence-corrected chi connectivity index (χ2v) is 8.60. The summed E-state index contributed by atoms with van der Waals surface area (Å²) in [6, 6.07) is 8.42. The van der Waals surface area contributed by atoms with Crippen molar-refractivity contribution < 1.29 is 23.0 Å². The molecule has 0 unspecified atom stereocenters. The predicted molar refractivity (Wildman–Crippen MR) is 107 cm³/mol. The van der Waals surface area contributed by atoms with E-state index < -0.39 is 11.7 Å². The molecule has 5 rings (SSSR count). The van der Waals surface area contributed by atoms with Crippen LogP contribution in [0.1, 0.15) is 67.7 Å². The van der Waals surface area contributed by atoms with Crippen LogP contribution in [0.4, 0.5) is 14.6 Å². The van der Waals surface area contributed by atoms with E-state index in [1.165, 1.54) is 31.4 Å². The van der Waals surface area contributed by atoms with E-state index in [1.807, 2.05) is 12.1 Å². The number of rotatable bonds is 4. The van der Waals surface area contributed by atoms with E-state index in [0.717, 1.165) is 24.1 Å². The first-order chi connectivity index (χ1) is 14.4. The van der Waals surface area contributed by atoms with Crippen LogP contribution in [0.25, 0.3) is 0 Å². The van der Waals surface area contributed by atoms with Gasteiger partial charge in [-0.1, -0.05) is 31.4 Å². The number of fused-ring (bicyclic) bond motifs is 1. The van der Waals surface area contributed by atoms with Crippen molar-refractivity contribution in [2.75, 3.05) is 5.32 Å². The molecule has 1 aromatic carbocycles. The van der Waals surface area contributed by atoms with Gasteiger partial charge in [0.05, 0.1) is 5.41 Å². The molecule has 2 saturated carbocycles. The Labute approximate surface area is 173 Å². The zero-order valence-corrected chi connectivity index (χ0v) is 16.8. The normalized spacial score (nSPS) is 21.3. The van der Waals surface area contributed by atoms with E-state index in [0.29, 0.717) is 30.1 Å². The summed E-state index contributed by atoms with van der Waals surface area (Å²) in [5, 5.41) is 2.96. The van der Waals surface area contributed by atoms with Crippen LogP contribution >= 0.6 is 0 Å². The number of pyridine rings is 1. The molecule has 1 aliphatic heterocycles. The summed E-state index contributed by atoms with van der Waals surface area (Å²) in [7, 11) is 0. The molecule has 0 atom stereocenters. The van der Waals surface area contributed by atoms with Crippen molar-refractivity contribution >= 4 is 11.7 Å². The van der Waals surface area contributed by atoms with Gasteiger partial charge in [-0.05, 0) is 61.9 Å². The summed E-state index contributed by atoms with van der Waals surface area (Å²) in [6.07, 6.45) is 3.61. The Hall–Kier alpha value is -2.70. The number of carbonyl (C=O) groups excluding carboxylic acids is 1. The molecular weight excluding hydrogens is 390 g/mol. The zero-order valence-electron chi connectivity index (χ0n) is 16.8. The molecule has 2 aromatic rings. The highest BCUT2D eigenvalue weighted by molar-refractivity contribution is 6.01. The maximum Gasteiger partial charge on any atom is 0.586 e. The number of nitrogens with one attached hydrogen (secondary N) is 1. The summed E-state index contributed by atoms with van der Waals surface area (Å²) in [4.78, 5) is 17.9. The lowest BCUT2D eigenvalue weighted by Gasteiger charge is -2.23. The van der Waals surface area contributed by atoms with Gasteiger partial charge in [0.2, 0.25) is 5.91 Å². The van der Waals surface area contributed by atoms with Crippen LogP contribution in [-0.2, 0) is 10.2 Å². The van der Waals surface area contributed by atoms with Crippen LogP contribution < -0.4 is 14.8 Å². The van der Waals surface area contributed by atoms with Gasteiger partial charge in [0.1, 0.15) is 5.82 Å². The number of benzene rings is 1. The molecule has 0 radical (unpaired) electrons. The van der Waals surface area contributed by atoms with Gasteiger partial charge in [0.25, 0.3) is 0 Å². The fraction of sp³-hybridized carbons (Fsp3) is 0.478. The lowest BCUT2D eigenvalue weighted by atomic mass is 9.85. The van der Waals surface area contributed by atoms with E-state index in [4.69, 9.17) is 4.98 Å². The predicted octanol–water partition coefficient (Wildman–Crippen LogP) is 5.43. The Morgan fingerprint density at radius 2 is 1.80 bits per heavy atom. The minimum Gasteiger partial charge on any atom is -0.395 e. The third-order valence-electron chi connectivity index (χ3n) is 6.51. The van der Waals surface area contributed by atoms with Crippen LogP contribution in [0.2, 0.25) is 0 Å². The van der Waals surface area contributed by atoms with Crippen molar-refractivity contribution in [3.05, 3.63) is 47.2 Å². The molecule has 158 valence electrons. The molecule has 5 nitrogen and oxygen atoms in total. The Bertz CT molecular complexity index is 998. The number of hydrogen-bond donors (Lipinski definition) is 1. The Morgan fingerprint density at radius 1 is 1.07 bits per heavy atom. The number of carbonyl (C=O) groups is 1. The fourth-order valence-corrected chi connectivity index (χ4v) is 4.66. The third-order valence-corrected chi connectivity index (χ3v) is 6.51. The number of hydrogen-bond acceptors (Lipinski definition) is 4. The lowest BCUT2D eigenvalue weighted by molar-refractivity contribution is -0.286. The monoisotopic (exact) mass is 414 g/mol. The number of ether oxygens (including phenoxy) is 2. The summed E-state index contributed by atoms with van der Waals surface area (Å²) >= 11 is 0. The Morgan fingerprint density at radius 3 is 2.53 bits per heavy atom. The highest BCUT2D eigenvalue weighted by atomic mass is 19.3. The number of amides is 1. The fourth-order valence-electron chi connectivity index (χ4n) is 4.66. The van der Waals surface area contributed by atoms with Gasteiger partial charge < -0.3 is 14.8 Å². The molecule has 2 aliphatic carbocycles. The van der Waals surface area contributed by atoms with Crippen molar-refractivity contribution in [2.24, 2.45) is 0 Å². The van der Waals surface area contributed by atoms with Gasteiger partial charge in [0.15, 0.2) is 11.5 Å². The molecule has 7 heteroatoms. The first kappa shape index (κ1) is 19.3. The smallest absolute Gasteiger partial charge is 0.395 e. The van der Waals surface area contributed by atoms with E-state index >= 15 is 0 Å². The topological polar surface area (TPSA) is 60.5 Å². The largest absolute Gasteiger partial charge is 0.586 e. The van der Waals surface area contributed by atoms with Crippen LogP contribution in [-0.4, -0.2) is 17.2 Å². The average molecular weight is 414 g/mol. The summed E-state index contributed by atoms with van der Waals surface area (Å²) < 4.78 is 35.6. The number of alkyl halides is 2. The number of nitrogens with zero attached hydrogens (tertiary/aromatic N) is 1.